The fourth-order valence-electron chi connectivity index (χ4n) is 3.50. The van der Waals surface area contributed by atoms with Gasteiger partial charge in [-0.25, -0.2) is 0 Å². The molecule has 6 heteroatoms. The van der Waals surface area contributed by atoms with Crippen molar-refractivity contribution in [3.8, 4) is 0 Å². The Morgan fingerprint density at radius 1 is 1.18 bits per heavy atom. The van der Waals surface area contributed by atoms with Crippen LogP contribution in [0.2, 0.25) is 0 Å². The van der Waals surface area contributed by atoms with Crippen molar-refractivity contribution in [2.24, 2.45) is 0 Å². The van der Waals surface area contributed by atoms with Crippen molar-refractivity contribution in [2.45, 2.75) is 32.4 Å². The molecule has 0 radical (unpaired) electrons. The summed E-state index contributed by atoms with van der Waals surface area (Å²) in [6.07, 6.45) is 4.72. The number of benzene rings is 2. The van der Waals surface area contributed by atoms with E-state index < -0.39 is 0 Å². The Bertz CT molecular complexity index is 997. The molecule has 0 spiro atoms. The average molecular weight is 374 g/mol. The standard InChI is InChI=1S/C22H22N4O2/c1-16-10-11-21(27)26(16)20-9-5-8-19(12-20)24-22(28)18-13-23-25(15-18)14-17-6-3-2-4-7-17/h2-9,12-13,15-16H,10-11,14H2,1H3,(H,24,28). The maximum absolute atomic E-state index is 12.6. The zero-order valence-electron chi connectivity index (χ0n) is 15.7. The molecule has 0 saturated carbocycles. The van der Waals surface area contributed by atoms with Crippen LogP contribution in [-0.2, 0) is 11.3 Å². The van der Waals surface area contributed by atoms with E-state index in [2.05, 4.69) is 10.4 Å². The monoisotopic (exact) mass is 374 g/mol. The van der Waals surface area contributed by atoms with Gasteiger partial charge >= 0.3 is 0 Å². The predicted octanol–water partition coefficient (Wildman–Crippen LogP) is 3.70. The van der Waals surface area contributed by atoms with Crippen molar-refractivity contribution >= 4 is 23.2 Å². The van der Waals surface area contributed by atoms with E-state index in [0.717, 1.165) is 17.7 Å². The molecule has 2 amide bonds. The number of nitrogens with zero attached hydrogens (tertiary/aromatic N) is 3. The highest BCUT2D eigenvalue weighted by Crippen LogP contribution is 2.28. The van der Waals surface area contributed by atoms with Crippen LogP contribution in [0.4, 0.5) is 11.4 Å². The molecule has 1 aliphatic heterocycles. The molecule has 142 valence electrons. The number of anilines is 2. The van der Waals surface area contributed by atoms with E-state index in [1.807, 2.05) is 61.5 Å². The van der Waals surface area contributed by atoms with Gasteiger partial charge in [0.05, 0.1) is 18.3 Å². The first-order valence-corrected chi connectivity index (χ1v) is 9.40. The largest absolute Gasteiger partial charge is 0.322 e. The maximum atomic E-state index is 12.6. The molecule has 2 aromatic carbocycles. The Morgan fingerprint density at radius 2 is 2.00 bits per heavy atom. The van der Waals surface area contributed by atoms with E-state index in [1.54, 1.807) is 22.0 Å². The Balaban J connectivity index is 1.45. The Kier molecular flexibility index (Phi) is 4.93. The van der Waals surface area contributed by atoms with Gasteiger partial charge in [0, 0.05) is 30.0 Å². The van der Waals surface area contributed by atoms with Crippen LogP contribution in [0.1, 0.15) is 35.7 Å². The molecule has 3 aromatic rings. The summed E-state index contributed by atoms with van der Waals surface area (Å²) in [6, 6.07) is 17.5. The number of carbonyl (C=O) groups is 2. The van der Waals surface area contributed by atoms with Crippen molar-refractivity contribution in [3.05, 3.63) is 78.1 Å². The third-order valence-corrected chi connectivity index (χ3v) is 4.95. The molecule has 1 atom stereocenters. The first kappa shape index (κ1) is 18.0. The highest BCUT2D eigenvalue weighted by Gasteiger charge is 2.28. The van der Waals surface area contributed by atoms with Gasteiger partial charge in [-0.1, -0.05) is 36.4 Å². The number of nitrogens with one attached hydrogen (secondary N) is 1. The lowest BCUT2D eigenvalue weighted by molar-refractivity contribution is -0.117. The summed E-state index contributed by atoms with van der Waals surface area (Å²) in [5, 5.41) is 7.18. The van der Waals surface area contributed by atoms with E-state index in [9.17, 15) is 9.59 Å². The number of hydrogen-bond donors (Lipinski definition) is 1. The molecule has 0 bridgehead atoms. The molecule has 6 nitrogen and oxygen atoms in total. The minimum atomic E-state index is -0.225. The third kappa shape index (κ3) is 3.81. The van der Waals surface area contributed by atoms with Gasteiger partial charge < -0.3 is 10.2 Å². The van der Waals surface area contributed by atoms with E-state index >= 15 is 0 Å². The number of amides is 2. The molecule has 1 saturated heterocycles. The summed E-state index contributed by atoms with van der Waals surface area (Å²) in [6.45, 7) is 2.65. The maximum Gasteiger partial charge on any atom is 0.258 e. The quantitative estimate of drug-likeness (QED) is 0.740. The zero-order chi connectivity index (χ0) is 19.5. The van der Waals surface area contributed by atoms with Crippen molar-refractivity contribution in [1.29, 1.82) is 0 Å². The summed E-state index contributed by atoms with van der Waals surface area (Å²) in [5.41, 5.74) is 3.08. The summed E-state index contributed by atoms with van der Waals surface area (Å²) in [4.78, 5) is 26.5. The SMILES string of the molecule is CC1CCC(=O)N1c1cccc(NC(=O)c2cnn(Cc3ccccc3)c2)c1. The summed E-state index contributed by atoms with van der Waals surface area (Å²) >= 11 is 0. The Hall–Kier alpha value is -3.41. The molecule has 0 aliphatic carbocycles. The molecule has 4 rings (SSSR count). The smallest absolute Gasteiger partial charge is 0.258 e. The van der Waals surface area contributed by atoms with Crippen LogP contribution in [-0.4, -0.2) is 27.6 Å². The molecular formula is C22H22N4O2. The van der Waals surface area contributed by atoms with Crippen molar-refractivity contribution in [3.63, 3.8) is 0 Å². The fraction of sp³-hybridized carbons (Fsp3) is 0.227. The van der Waals surface area contributed by atoms with Gasteiger partial charge in [0.1, 0.15) is 0 Å². The highest BCUT2D eigenvalue weighted by atomic mass is 16.2. The zero-order valence-corrected chi connectivity index (χ0v) is 15.7. The summed E-state index contributed by atoms with van der Waals surface area (Å²) in [7, 11) is 0. The molecule has 1 N–H and O–H groups in total. The number of aromatic nitrogens is 2. The molecule has 1 fully saturated rings. The molecule has 1 aromatic heterocycles. The molecular weight excluding hydrogens is 352 g/mol. The Morgan fingerprint density at radius 3 is 2.75 bits per heavy atom. The summed E-state index contributed by atoms with van der Waals surface area (Å²) < 4.78 is 1.74. The minimum Gasteiger partial charge on any atom is -0.322 e. The van der Waals surface area contributed by atoms with Gasteiger partial charge in [-0.05, 0) is 37.1 Å². The lowest BCUT2D eigenvalue weighted by Gasteiger charge is -2.22. The van der Waals surface area contributed by atoms with Crippen LogP contribution in [0, 0.1) is 0 Å². The van der Waals surface area contributed by atoms with Crippen molar-refractivity contribution < 1.29 is 9.59 Å². The molecule has 28 heavy (non-hydrogen) atoms. The van der Waals surface area contributed by atoms with Crippen LogP contribution in [0.15, 0.2) is 67.0 Å². The molecule has 2 heterocycles. The first-order chi connectivity index (χ1) is 13.6. The lowest BCUT2D eigenvalue weighted by Crippen LogP contribution is -2.30. The summed E-state index contributed by atoms with van der Waals surface area (Å²) in [5.74, 6) is -0.101. The second-order valence-corrected chi connectivity index (χ2v) is 7.07. The van der Waals surface area contributed by atoms with Gasteiger partial charge in [-0.15, -0.1) is 0 Å². The van der Waals surface area contributed by atoms with Gasteiger partial charge in [-0.2, -0.15) is 5.10 Å². The normalized spacial score (nSPS) is 16.4. The third-order valence-electron chi connectivity index (χ3n) is 4.95. The van der Waals surface area contributed by atoms with Gasteiger partial charge in [0.15, 0.2) is 0 Å². The molecule has 1 aliphatic rings. The number of carbonyl (C=O) groups excluding carboxylic acids is 2. The second-order valence-electron chi connectivity index (χ2n) is 7.07. The van der Waals surface area contributed by atoms with Gasteiger partial charge in [0.2, 0.25) is 5.91 Å². The van der Waals surface area contributed by atoms with E-state index in [1.165, 1.54) is 0 Å². The van der Waals surface area contributed by atoms with Crippen molar-refractivity contribution in [1.82, 2.24) is 9.78 Å². The molecule has 1 unspecified atom stereocenters. The van der Waals surface area contributed by atoms with Crippen LogP contribution in [0.3, 0.4) is 0 Å². The Labute approximate surface area is 163 Å². The van der Waals surface area contributed by atoms with E-state index in [4.69, 9.17) is 0 Å². The van der Waals surface area contributed by atoms with Crippen molar-refractivity contribution in [2.75, 3.05) is 10.2 Å². The second kappa shape index (κ2) is 7.68. The number of hydrogen-bond acceptors (Lipinski definition) is 3. The fourth-order valence-corrected chi connectivity index (χ4v) is 3.50. The lowest BCUT2D eigenvalue weighted by atomic mass is 10.2. The minimum absolute atomic E-state index is 0.123. The van der Waals surface area contributed by atoms with Crippen LogP contribution >= 0.6 is 0 Å². The van der Waals surface area contributed by atoms with Crippen LogP contribution in [0.5, 0.6) is 0 Å². The average Bonchev–Trinajstić information content (AvgIpc) is 3.29. The van der Waals surface area contributed by atoms with E-state index in [-0.39, 0.29) is 17.9 Å². The van der Waals surface area contributed by atoms with Gasteiger partial charge in [0.25, 0.3) is 5.91 Å². The van der Waals surface area contributed by atoms with E-state index in [0.29, 0.717) is 24.2 Å². The predicted molar refractivity (Wildman–Crippen MR) is 108 cm³/mol. The highest BCUT2D eigenvalue weighted by molar-refractivity contribution is 6.04. The van der Waals surface area contributed by atoms with Gasteiger partial charge in [-0.3, -0.25) is 14.3 Å². The van der Waals surface area contributed by atoms with Crippen LogP contribution < -0.4 is 10.2 Å². The first-order valence-electron chi connectivity index (χ1n) is 9.40. The number of rotatable bonds is 5. The van der Waals surface area contributed by atoms with Crippen LogP contribution in [0.25, 0.3) is 0 Å². The topological polar surface area (TPSA) is 67.2 Å².